The van der Waals surface area contributed by atoms with Gasteiger partial charge in [0.05, 0.1) is 0 Å². The van der Waals surface area contributed by atoms with Crippen LogP contribution in [0.4, 0.5) is 0 Å². The third-order valence-electron chi connectivity index (χ3n) is 5.98. The van der Waals surface area contributed by atoms with Crippen LogP contribution in [0.15, 0.2) is 24.3 Å². The van der Waals surface area contributed by atoms with Crippen LogP contribution in [0.3, 0.4) is 0 Å². The van der Waals surface area contributed by atoms with Crippen molar-refractivity contribution in [1.82, 2.24) is 0 Å². The second-order valence-electron chi connectivity index (χ2n) is 7.42. The number of rotatable bonds is 6. The first-order chi connectivity index (χ1) is 10.3. The molecule has 0 aliphatic heterocycles. The number of benzene rings is 1. The Morgan fingerprint density at radius 1 is 1.14 bits per heavy atom. The standard InChI is InChI=1S/C20H31N/c1-2-3-6-15-9-11-16(12-10-15)20(21)14-18-13-17-7-4-5-8-19(17)18/h4-5,7-8,15-16,18,20H,2-3,6,9-14,21H2,1H3. The summed E-state index contributed by atoms with van der Waals surface area (Å²) in [5.41, 5.74) is 9.69. The van der Waals surface area contributed by atoms with Crippen LogP contribution in [0.25, 0.3) is 0 Å². The highest BCUT2D eigenvalue weighted by molar-refractivity contribution is 5.39. The van der Waals surface area contributed by atoms with Crippen LogP contribution in [0.2, 0.25) is 0 Å². The number of fused-ring (bicyclic) bond motifs is 1. The number of hydrogen-bond donors (Lipinski definition) is 1. The number of nitrogens with two attached hydrogens (primary N) is 1. The lowest BCUT2D eigenvalue weighted by molar-refractivity contribution is 0.219. The van der Waals surface area contributed by atoms with Crippen molar-refractivity contribution >= 4 is 0 Å². The summed E-state index contributed by atoms with van der Waals surface area (Å²) in [4.78, 5) is 0. The molecule has 0 spiro atoms. The minimum absolute atomic E-state index is 0.426. The normalized spacial score (nSPS) is 29.5. The third kappa shape index (κ3) is 3.51. The van der Waals surface area contributed by atoms with Crippen molar-refractivity contribution in [3.05, 3.63) is 35.4 Å². The molecule has 0 heterocycles. The lowest BCUT2D eigenvalue weighted by Gasteiger charge is -2.37. The van der Waals surface area contributed by atoms with Gasteiger partial charge in [-0.3, -0.25) is 0 Å². The first-order valence-corrected chi connectivity index (χ1v) is 9.11. The van der Waals surface area contributed by atoms with E-state index in [1.807, 2.05) is 0 Å². The fourth-order valence-electron chi connectivity index (χ4n) is 4.49. The first kappa shape index (κ1) is 15.1. The molecule has 0 amide bonds. The summed E-state index contributed by atoms with van der Waals surface area (Å²) in [6, 6.07) is 9.34. The van der Waals surface area contributed by atoms with Gasteiger partial charge in [0.2, 0.25) is 0 Å². The van der Waals surface area contributed by atoms with Gasteiger partial charge in [-0.2, -0.15) is 0 Å². The van der Waals surface area contributed by atoms with Crippen LogP contribution in [0.1, 0.15) is 75.3 Å². The zero-order valence-corrected chi connectivity index (χ0v) is 13.6. The molecule has 0 saturated heterocycles. The van der Waals surface area contributed by atoms with Crippen LogP contribution in [0.5, 0.6) is 0 Å². The molecule has 2 aliphatic rings. The van der Waals surface area contributed by atoms with E-state index in [0.29, 0.717) is 6.04 Å². The van der Waals surface area contributed by atoms with Gasteiger partial charge in [0, 0.05) is 6.04 Å². The lowest BCUT2D eigenvalue weighted by atomic mass is 9.70. The molecule has 116 valence electrons. The molecule has 0 bridgehead atoms. The van der Waals surface area contributed by atoms with E-state index >= 15 is 0 Å². The van der Waals surface area contributed by atoms with Crippen molar-refractivity contribution in [1.29, 1.82) is 0 Å². The van der Waals surface area contributed by atoms with Gasteiger partial charge in [-0.05, 0) is 54.6 Å². The maximum atomic E-state index is 6.56. The summed E-state index contributed by atoms with van der Waals surface area (Å²) in [5, 5.41) is 0. The Labute approximate surface area is 130 Å². The Hall–Kier alpha value is -0.820. The lowest BCUT2D eigenvalue weighted by Crippen LogP contribution is -2.36. The summed E-state index contributed by atoms with van der Waals surface area (Å²) < 4.78 is 0. The summed E-state index contributed by atoms with van der Waals surface area (Å²) in [6.07, 6.45) is 12.3. The van der Waals surface area contributed by atoms with Crippen molar-refractivity contribution in [3.63, 3.8) is 0 Å². The predicted molar refractivity (Wildman–Crippen MR) is 90.5 cm³/mol. The quantitative estimate of drug-likeness (QED) is 0.778. The van der Waals surface area contributed by atoms with Crippen LogP contribution >= 0.6 is 0 Å². The van der Waals surface area contributed by atoms with Crippen LogP contribution in [0, 0.1) is 11.8 Å². The zero-order chi connectivity index (χ0) is 14.7. The molecule has 2 atom stereocenters. The minimum atomic E-state index is 0.426. The molecule has 21 heavy (non-hydrogen) atoms. The average Bonchev–Trinajstić information content (AvgIpc) is 2.51. The molecule has 2 unspecified atom stereocenters. The summed E-state index contributed by atoms with van der Waals surface area (Å²) in [7, 11) is 0. The molecule has 0 radical (unpaired) electrons. The predicted octanol–water partition coefficient (Wildman–Crippen LogP) is 5.04. The third-order valence-corrected chi connectivity index (χ3v) is 5.98. The highest BCUT2D eigenvalue weighted by atomic mass is 14.7. The van der Waals surface area contributed by atoms with Gasteiger partial charge < -0.3 is 5.73 Å². The van der Waals surface area contributed by atoms with Crippen LogP contribution in [-0.2, 0) is 6.42 Å². The van der Waals surface area contributed by atoms with Crippen molar-refractivity contribution in [3.8, 4) is 0 Å². The molecule has 0 aromatic heterocycles. The van der Waals surface area contributed by atoms with Crippen LogP contribution in [-0.4, -0.2) is 6.04 Å². The van der Waals surface area contributed by atoms with Crippen molar-refractivity contribution in [2.75, 3.05) is 0 Å². The highest BCUT2D eigenvalue weighted by Crippen LogP contribution is 2.41. The van der Waals surface area contributed by atoms with Gasteiger partial charge in [0.25, 0.3) is 0 Å². The van der Waals surface area contributed by atoms with E-state index in [2.05, 4.69) is 31.2 Å². The van der Waals surface area contributed by atoms with E-state index < -0.39 is 0 Å². The van der Waals surface area contributed by atoms with E-state index in [4.69, 9.17) is 5.73 Å². The molecular weight excluding hydrogens is 254 g/mol. The molecule has 1 fully saturated rings. The largest absolute Gasteiger partial charge is 0.327 e. The van der Waals surface area contributed by atoms with E-state index in [-0.39, 0.29) is 0 Å². The van der Waals surface area contributed by atoms with Crippen LogP contribution < -0.4 is 5.73 Å². The van der Waals surface area contributed by atoms with Gasteiger partial charge in [-0.15, -0.1) is 0 Å². The first-order valence-electron chi connectivity index (χ1n) is 9.11. The zero-order valence-electron chi connectivity index (χ0n) is 13.6. The van der Waals surface area contributed by atoms with Crippen molar-refractivity contribution < 1.29 is 0 Å². The Kier molecular flexibility index (Phi) is 5.00. The molecule has 3 rings (SSSR count). The minimum Gasteiger partial charge on any atom is -0.327 e. The summed E-state index contributed by atoms with van der Waals surface area (Å²) in [5.74, 6) is 2.53. The topological polar surface area (TPSA) is 26.0 Å². The highest BCUT2D eigenvalue weighted by Gasteiger charge is 2.31. The Morgan fingerprint density at radius 2 is 1.90 bits per heavy atom. The molecule has 1 heteroatoms. The maximum Gasteiger partial charge on any atom is 0.00731 e. The molecule has 2 aliphatic carbocycles. The van der Waals surface area contributed by atoms with E-state index in [1.54, 1.807) is 11.1 Å². The fraction of sp³-hybridized carbons (Fsp3) is 0.700. The molecule has 1 nitrogen and oxygen atoms in total. The number of unbranched alkanes of at least 4 members (excludes halogenated alkanes) is 1. The van der Waals surface area contributed by atoms with E-state index in [9.17, 15) is 0 Å². The Balaban J connectivity index is 1.44. The average molecular weight is 285 g/mol. The molecule has 1 aromatic carbocycles. The summed E-state index contributed by atoms with van der Waals surface area (Å²) >= 11 is 0. The maximum absolute atomic E-state index is 6.56. The van der Waals surface area contributed by atoms with Gasteiger partial charge in [0.1, 0.15) is 0 Å². The molecule has 1 aromatic rings. The van der Waals surface area contributed by atoms with Gasteiger partial charge >= 0.3 is 0 Å². The van der Waals surface area contributed by atoms with E-state index in [1.165, 1.54) is 57.8 Å². The molecule has 1 saturated carbocycles. The van der Waals surface area contributed by atoms with Gasteiger partial charge in [0.15, 0.2) is 0 Å². The molecule has 2 N–H and O–H groups in total. The van der Waals surface area contributed by atoms with Gasteiger partial charge in [-0.1, -0.05) is 63.3 Å². The van der Waals surface area contributed by atoms with E-state index in [0.717, 1.165) is 17.8 Å². The van der Waals surface area contributed by atoms with Gasteiger partial charge in [-0.25, -0.2) is 0 Å². The SMILES string of the molecule is CCCCC1CCC(C(N)CC2Cc3ccccc32)CC1. The smallest absolute Gasteiger partial charge is 0.00731 e. The summed E-state index contributed by atoms with van der Waals surface area (Å²) in [6.45, 7) is 2.30. The van der Waals surface area contributed by atoms with Crippen molar-refractivity contribution in [2.24, 2.45) is 17.6 Å². The van der Waals surface area contributed by atoms with Crippen molar-refractivity contribution in [2.45, 2.75) is 76.7 Å². The Morgan fingerprint density at radius 3 is 2.62 bits per heavy atom. The second kappa shape index (κ2) is 6.96. The molecular formula is C20H31N. The number of hydrogen-bond acceptors (Lipinski definition) is 1. The second-order valence-corrected chi connectivity index (χ2v) is 7.42. The fourth-order valence-corrected chi connectivity index (χ4v) is 4.49. The Bertz CT molecular complexity index is 445. The monoisotopic (exact) mass is 285 g/mol.